The summed E-state index contributed by atoms with van der Waals surface area (Å²) in [4.78, 5) is 21.5. The van der Waals surface area contributed by atoms with E-state index in [-0.39, 0.29) is 11.6 Å². The minimum atomic E-state index is -0.427. The molecule has 3 aromatic rings. The van der Waals surface area contributed by atoms with E-state index in [4.69, 9.17) is 16.1 Å². The van der Waals surface area contributed by atoms with Gasteiger partial charge in [-0.25, -0.2) is 0 Å². The minimum absolute atomic E-state index is 0.00838. The molecule has 9 heteroatoms. The van der Waals surface area contributed by atoms with Crippen LogP contribution in [0.1, 0.15) is 30.2 Å². The predicted molar refractivity (Wildman–Crippen MR) is 105 cm³/mol. The Morgan fingerprint density at radius 1 is 1.29 bits per heavy atom. The fraction of sp³-hybridized carbons (Fsp3) is 0.316. The molecule has 4 rings (SSSR count). The van der Waals surface area contributed by atoms with Gasteiger partial charge in [-0.1, -0.05) is 22.8 Å². The van der Waals surface area contributed by atoms with Crippen LogP contribution in [0.4, 0.5) is 11.4 Å². The molecule has 1 aliphatic rings. The SMILES string of the molecule is Cc1cc([N+](=O)[O-])cc(Cl)c1N1CCC(c2nc(-c3ccccn3)no2)CC1. The quantitative estimate of drug-likeness (QED) is 0.474. The van der Waals surface area contributed by atoms with Crippen LogP contribution >= 0.6 is 11.6 Å². The highest BCUT2D eigenvalue weighted by molar-refractivity contribution is 6.33. The molecule has 0 spiro atoms. The van der Waals surface area contributed by atoms with Crippen LogP contribution in [0, 0.1) is 17.0 Å². The third kappa shape index (κ3) is 3.55. The average molecular weight is 400 g/mol. The third-order valence-corrected chi connectivity index (χ3v) is 5.23. The van der Waals surface area contributed by atoms with Crippen LogP contribution in [-0.2, 0) is 0 Å². The molecule has 0 radical (unpaired) electrons. The van der Waals surface area contributed by atoms with Gasteiger partial charge < -0.3 is 9.42 Å². The van der Waals surface area contributed by atoms with Gasteiger partial charge in [0.05, 0.1) is 15.6 Å². The van der Waals surface area contributed by atoms with Gasteiger partial charge in [-0.3, -0.25) is 15.1 Å². The highest BCUT2D eigenvalue weighted by Crippen LogP contribution is 2.37. The van der Waals surface area contributed by atoms with Crippen molar-refractivity contribution in [2.24, 2.45) is 0 Å². The van der Waals surface area contributed by atoms with Crippen molar-refractivity contribution < 1.29 is 9.45 Å². The largest absolute Gasteiger partial charge is 0.370 e. The summed E-state index contributed by atoms with van der Waals surface area (Å²) in [5.41, 5.74) is 2.34. The fourth-order valence-corrected chi connectivity index (χ4v) is 3.95. The molecule has 1 aromatic carbocycles. The molecule has 8 nitrogen and oxygen atoms in total. The molecule has 0 amide bonds. The number of nitro benzene ring substituents is 1. The predicted octanol–water partition coefficient (Wildman–Crippen LogP) is 4.39. The smallest absolute Gasteiger partial charge is 0.271 e. The number of piperidine rings is 1. The molecule has 0 aliphatic carbocycles. The molecule has 1 saturated heterocycles. The fourth-order valence-electron chi connectivity index (χ4n) is 3.57. The number of rotatable bonds is 4. The van der Waals surface area contributed by atoms with Crippen LogP contribution in [0.3, 0.4) is 0 Å². The summed E-state index contributed by atoms with van der Waals surface area (Å²) in [5.74, 6) is 1.28. The first-order chi connectivity index (χ1) is 13.5. The minimum Gasteiger partial charge on any atom is -0.370 e. The van der Waals surface area contributed by atoms with Crippen molar-refractivity contribution in [2.75, 3.05) is 18.0 Å². The van der Waals surface area contributed by atoms with E-state index in [1.54, 1.807) is 12.3 Å². The molecular weight excluding hydrogens is 382 g/mol. The summed E-state index contributed by atoms with van der Waals surface area (Å²) in [6.07, 6.45) is 3.35. The van der Waals surface area contributed by atoms with Crippen LogP contribution in [0.15, 0.2) is 41.1 Å². The Labute approximate surface area is 166 Å². The van der Waals surface area contributed by atoms with E-state index in [1.807, 2.05) is 25.1 Å². The maximum Gasteiger partial charge on any atom is 0.271 e. The molecule has 1 fully saturated rings. The first-order valence-corrected chi connectivity index (χ1v) is 9.35. The molecule has 2 aromatic heterocycles. The van der Waals surface area contributed by atoms with Gasteiger partial charge in [0.2, 0.25) is 11.7 Å². The Morgan fingerprint density at radius 2 is 2.07 bits per heavy atom. The van der Waals surface area contributed by atoms with Gasteiger partial charge >= 0.3 is 0 Å². The second kappa shape index (κ2) is 7.55. The van der Waals surface area contributed by atoms with Crippen molar-refractivity contribution in [2.45, 2.75) is 25.7 Å². The lowest BCUT2D eigenvalue weighted by atomic mass is 9.96. The Balaban J connectivity index is 1.47. The molecule has 144 valence electrons. The molecule has 3 heterocycles. The van der Waals surface area contributed by atoms with Gasteiger partial charge in [0.25, 0.3) is 5.69 Å². The number of pyridine rings is 1. The van der Waals surface area contributed by atoms with Crippen LogP contribution < -0.4 is 4.90 Å². The van der Waals surface area contributed by atoms with Crippen molar-refractivity contribution in [1.82, 2.24) is 15.1 Å². The number of hydrogen-bond acceptors (Lipinski definition) is 7. The lowest BCUT2D eigenvalue weighted by molar-refractivity contribution is -0.384. The van der Waals surface area contributed by atoms with Gasteiger partial charge in [-0.2, -0.15) is 4.98 Å². The zero-order valence-electron chi connectivity index (χ0n) is 15.2. The summed E-state index contributed by atoms with van der Waals surface area (Å²) >= 11 is 6.34. The lowest BCUT2D eigenvalue weighted by Gasteiger charge is -2.33. The highest BCUT2D eigenvalue weighted by atomic mass is 35.5. The third-order valence-electron chi connectivity index (χ3n) is 4.95. The highest BCUT2D eigenvalue weighted by Gasteiger charge is 2.28. The maximum absolute atomic E-state index is 11.0. The van der Waals surface area contributed by atoms with Crippen LogP contribution in [0.25, 0.3) is 11.5 Å². The molecule has 28 heavy (non-hydrogen) atoms. The number of hydrogen-bond donors (Lipinski definition) is 0. The Morgan fingerprint density at radius 3 is 2.71 bits per heavy atom. The van der Waals surface area contributed by atoms with Gasteiger partial charge in [-0.05, 0) is 37.5 Å². The number of aromatic nitrogens is 3. The number of anilines is 1. The van der Waals surface area contributed by atoms with Crippen molar-refractivity contribution in [3.63, 3.8) is 0 Å². The Kier molecular flexibility index (Phi) is 4.95. The average Bonchev–Trinajstić information content (AvgIpc) is 3.19. The van der Waals surface area contributed by atoms with Crippen molar-refractivity contribution >= 4 is 23.0 Å². The van der Waals surface area contributed by atoms with Gasteiger partial charge in [0, 0.05) is 37.3 Å². The van der Waals surface area contributed by atoms with Crippen LogP contribution in [-0.4, -0.2) is 33.1 Å². The molecule has 0 bridgehead atoms. The van der Waals surface area contributed by atoms with E-state index in [1.165, 1.54) is 6.07 Å². The number of nitro groups is 1. The monoisotopic (exact) mass is 399 g/mol. The number of non-ortho nitro benzene ring substituents is 1. The normalized spacial score (nSPS) is 15.0. The second-order valence-corrected chi connectivity index (χ2v) is 7.19. The van der Waals surface area contributed by atoms with E-state index >= 15 is 0 Å². The van der Waals surface area contributed by atoms with E-state index in [9.17, 15) is 10.1 Å². The van der Waals surface area contributed by atoms with Crippen molar-refractivity contribution in [3.05, 3.63) is 63.1 Å². The van der Waals surface area contributed by atoms with E-state index in [0.717, 1.165) is 37.2 Å². The molecule has 1 aliphatic heterocycles. The van der Waals surface area contributed by atoms with E-state index in [0.29, 0.717) is 22.4 Å². The van der Waals surface area contributed by atoms with E-state index < -0.39 is 4.92 Å². The zero-order chi connectivity index (χ0) is 19.7. The Hall–Kier alpha value is -3.00. The maximum atomic E-state index is 11.0. The first-order valence-electron chi connectivity index (χ1n) is 8.97. The molecular formula is C19H18ClN5O3. The van der Waals surface area contributed by atoms with Crippen molar-refractivity contribution in [3.8, 4) is 11.5 Å². The molecule has 0 unspecified atom stereocenters. The number of benzene rings is 1. The molecule has 0 saturated carbocycles. The van der Waals surface area contributed by atoms with Crippen LogP contribution in [0.5, 0.6) is 0 Å². The summed E-state index contributed by atoms with van der Waals surface area (Å²) in [6, 6.07) is 8.53. The second-order valence-electron chi connectivity index (χ2n) is 6.78. The van der Waals surface area contributed by atoms with Gasteiger partial charge in [0.1, 0.15) is 5.69 Å². The topological polar surface area (TPSA) is 98.2 Å². The zero-order valence-corrected chi connectivity index (χ0v) is 16.0. The molecule has 0 atom stereocenters. The standard InChI is InChI=1S/C19H18ClN5O3/c1-12-10-14(25(26)27)11-15(20)17(12)24-8-5-13(6-9-24)19-22-18(23-28-19)16-4-2-3-7-21-16/h2-4,7,10-11,13H,5-6,8-9H2,1H3. The van der Waals surface area contributed by atoms with Crippen LogP contribution in [0.2, 0.25) is 5.02 Å². The van der Waals surface area contributed by atoms with E-state index in [2.05, 4.69) is 20.0 Å². The summed E-state index contributed by atoms with van der Waals surface area (Å²) < 4.78 is 5.47. The first kappa shape index (κ1) is 18.4. The van der Waals surface area contributed by atoms with Gasteiger partial charge in [0.15, 0.2) is 0 Å². The summed E-state index contributed by atoms with van der Waals surface area (Å²) in [7, 11) is 0. The lowest BCUT2D eigenvalue weighted by Crippen LogP contribution is -2.33. The van der Waals surface area contributed by atoms with Crippen molar-refractivity contribution in [1.29, 1.82) is 0 Å². The number of nitrogens with zero attached hydrogens (tertiary/aromatic N) is 5. The number of halogens is 1. The number of aryl methyl sites for hydroxylation is 1. The Bertz CT molecular complexity index is 977. The summed E-state index contributed by atoms with van der Waals surface area (Å²) in [6.45, 7) is 3.35. The summed E-state index contributed by atoms with van der Waals surface area (Å²) in [5, 5.41) is 15.5. The van der Waals surface area contributed by atoms with Gasteiger partial charge in [-0.15, -0.1) is 0 Å². The molecule has 0 N–H and O–H groups in total.